The van der Waals surface area contributed by atoms with Gasteiger partial charge in [-0.05, 0) is 43.0 Å². The highest BCUT2D eigenvalue weighted by molar-refractivity contribution is 7.17. The molecule has 190 valence electrons. The van der Waals surface area contributed by atoms with Crippen LogP contribution in [-0.4, -0.2) is 47.8 Å². The minimum atomic E-state index is -1.81. The van der Waals surface area contributed by atoms with Crippen molar-refractivity contribution in [3.8, 4) is 11.1 Å². The number of benzene rings is 2. The van der Waals surface area contributed by atoms with Gasteiger partial charge in [0.25, 0.3) is 5.97 Å². The number of anilines is 1. The topological polar surface area (TPSA) is 107 Å². The van der Waals surface area contributed by atoms with E-state index in [2.05, 4.69) is 34.6 Å². The van der Waals surface area contributed by atoms with E-state index in [9.17, 15) is 14.7 Å². The smallest absolute Gasteiger partial charge is 0.413 e. The molecule has 0 spiro atoms. The lowest BCUT2D eigenvalue weighted by molar-refractivity contribution is -0.359. The predicted octanol–water partition coefficient (Wildman–Crippen LogP) is 5.49. The van der Waals surface area contributed by atoms with Crippen molar-refractivity contribution in [2.75, 3.05) is 25.1 Å². The Morgan fingerprint density at radius 3 is 2.19 bits per heavy atom. The number of aromatic nitrogens is 1. The lowest BCUT2D eigenvalue weighted by Gasteiger charge is -2.26. The molecule has 0 unspecified atom stereocenters. The molecule has 4 rings (SSSR count). The third-order valence-electron chi connectivity index (χ3n) is 6.01. The normalized spacial score (nSPS) is 12.8. The minimum absolute atomic E-state index is 0.00389. The summed E-state index contributed by atoms with van der Waals surface area (Å²) in [5, 5.41) is 13.3. The number of ether oxygens (including phenoxy) is 3. The van der Waals surface area contributed by atoms with Crippen LogP contribution in [0.1, 0.15) is 59.1 Å². The number of nitrogens with zero attached hydrogens (tertiary/aromatic N) is 1. The van der Waals surface area contributed by atoms with Gasteiger partial charge >= 0.3 is 6.09 Å². The second kappa shape index (κ2) is 11.3. The molecule has 8 nitrogen and oxygen atoms in total. The van der Waals surface area contributed by atoms with Gasteiger partial charge in [-0.3, -0.25) is 10.1 Å². The summed E-state index contributed by atoms with van der Waals surface area (Å²) in [5.74, 6) is -2.07. The van der Waals surface area contributed by atoms with E-state index in [-0.39, 0.29) is 49.5 Å². The number of carbonyl (C=O) groups excluding carboxylic acids is 2. The van der Waals surface area contributed by atoms with Crippen molar-refractivity contribution >= 4 is 28.3 Å². The Labute approximate surface area is 214 Å². The van der Waals surface area contributed by atoms with Gasteiger partial charge in [-0.1, -0.05) is 59.9 Å². The van der Waals surface area contributed by atoms with Crippen molar-refractivity contribution in [2.45, 2.75) is 45.5 Å². The van der Waals surface area contributed by atoms with Crippen LogP contribution in [0.25, 0.3) is 11.1 Å². The van der Waals surface area contributed by atoms with Gasteiger partial charge < -0.3 is 19.3 Å². The van der Waals surface area contributed by atoms with Crippen LogP contribution in [0.2, 0.25) is 0 Å². The molecule has 0 bridgehead atoms. The Morgan fingerprint density at radius 1 is 1.03 bits per heavy atom. The van der Waals surface area contributed by atoms with Gasteiger partial charge in [0.1, 0.15) is 6.61 Å². The molecule has 1 aliphatic carbocycles. The monoisotopic (exact) mass is 510 g/mol. The van der Waals surface area contributed by atoms with E-state index in [1.807, 2.05) is 24.3 Å². The lowest BCUT2D eigenvalue weighted by atomic mass is 9.98. The average Bonchev–Trinajstić information content (AvgIpc) is 3.39. The maximum atomic E-state index is 12.8. The maximum absolute atomic E-state index is 12.8. The fraction of sp³-hybridized carbons (Fsp3) is 0.370. The molecule has 0 aliphatic heterocycles. The van der Waals surface area contributed by atoms with E-state index in [0.29, 0.717) is 10.6 Å². The van der Waals surface area contributed by atoms with Gasteiger partial charge in [-0.25, -0.2) is 9.78 Å². The van der Waals surface area contributed by atoms with Crippen molar-refractivity contribution in [3.05, 3.63) is 70.2 Å². The van der Waals surface area contributed by atoms with Crippen LogP contribution in [0.3, 0.4) is 0 Å². The summed E-state index contributed by atoms with van der Waals surface area (Å²) in [6, 6.07) is 16.2. The van der Waals surface area contributed by atoms with E-state index in [0.717, 1.165) is 33.6 Å². The molecule has 2 N–H and O–H groups in total. The molecule has 0 atom stereocenters. The van der Waals surface area contributed by atoms with E-state index in [1.54, 1.807) is 20.8 Å². The van der Waals surface area contributed by atoms with E-state index < -0.39 is 12.1 Å². The highest BCUT2D eigenvalue weighted by Gasteiger charge is 2.31. The number of ketones is 1. The number of hydrogen-bond donors (Lipinski definition) is 2. The van der Waals surface area contributed by atoms with Gasteiger partial charge in [0.15, 0.2) is 10.9 Å². The minimum Gasteiger partial charge on any atom is -0.448 e. The van der Waals surface area contributed by atoms with Crippen LogP contribution in [0.4, 0.5) is 9.93 Å². The number of carbonyl (C=O) groups is 2. The van der Waals surface area contributed by atoms with E-state index in [4.69, 9.17) is 14.2 Å². The second-order valence-electron chi connectivity index (χ2n) is 8.39. The zero-order valence-corrected chi connectivity index (χ0v) is 21.4. The molecule has 0 saturated carbocycles. The van der Waals surface area contributed by atoms with Crippen molar-refractivity contribution in [3.63, 3.8) is 0 Å². The van der Waals surface area contributed by atoms with Crippen LogP contribution >= 0.6 is 11.3 Å². The molecule has 2 aromatic carbocycles. The molecule has 1 aliphatic rings. The van der Waals surface area contributed by atoms with Gasteiger partial charge in [0, 0.05) is 32.0 Å². The molecule has 0 radical (unpaired) electrons. The number of nitrogens with one attached hydrogen (secondary N) is 1. The third-order valence-corrected chi connectivity index (χ3v) is 7.12. The van der Waals surface area contributed by atoms with Crippen molar-refractivity contribution in [2.24, 2.45) is 0 Å². The summed E-state index contributed by atoms with van der Waals surface area (Å²) in [6.07, 6.45) is -0.643. The first-order valence-electron chi connectivity index (χ1n) is 12.0. The molecule has 1 aromatic heterocycles. The van der Waals surface area contributed by atoms with Crippen LogP contribution in [-0.2, 0) is 14.2 Å². The number of Topliss-reactive ketones (excluding diaryl/α,β-unsaturated/α-hetero) is 1. The number of amides is 1. The van der Waals surface area contributed by atoms with E-state index >= 15 is 0 Å². The van der Waals surface area contributed by atoms with Crippen molar-refractivity contribution in [1.29, 1.82) is 0 Å². The van der Waals surface area contributed by atoms with Gasteiger partial charge in [-0.2, -0.15) is 0 Å². The third kappa shape index (κ3) is 5.65. The largest absolute Gasteiger partial charge is 0.448 e. The van der Waals surface area contributed by atoms with Crippen LogP contribution < -0.4 is 5.32 Å². The Morgan fingerprint density at radius 2 is 1.61 bits per heavy atom. The Kier molecular flexibility index (Phi) is 8.15. The molecule has 9 heteroatoms. The summed E-state index contributed by atoms with van der Waals surface area (Å²) in [4.78, 5) is 30.0. The Bertz CT molecular complexity index is 1190. The number of fused-ring (bicyclic) bond motifs is 3. The van der Waals surface area contributed by atoms with Crippen LogP contribution in [0.5, 0.6) is 0 Å². The number of aliphatic hydroxyl groups is 1. The molecule has 0 saturated heterocycles. The number of aryl methyl sites for hydroxylation is 1. The predicted molar refractivity (Wildman–Crippen MR) is 137 cm³/mol. The first kappa shape index (κ1) is 26.0. The zero-order chi connectivity index (χ0) is 25.7. The summed E-state index contributed by atoms with van der Waals surface area (Å²) in [7, 11) is 0. The fourth-order valence-corrected chi connectivity index (χ4v) is 5.37. The van der Waals surface area contributed by atoms with Crippen LogP contribution in [0.15, 0.2) is 48.5 Å². The van der Waals surface area contributed by atoms with Crippen LogP contribution in [0, 0.1) is 6.92 Å². The van der Waals surface area contributed by atoms with E-state index in [1.165, 1.54) is 0 Å². The number of hydrogen-bond acceptors (Lipinski definition) is 8. The highest BCUT2D eigenvalue weighted by atomic mass is 32.1. The van der Waals surface area contributed by atoms with Crippen molar-refractivity contribution < 1.29 is 28.9 Å². The first-order chi connectivity index (χ1) is 17.3. The van der Waals surface area contributed by atoms with Gasteiger partial charge in [-0.15, -0.1) is 0 Å². The highest BCUT2D eigenvalue weighted by Crippen LogP contribution is 2.44. The molecule has 3 aromatic rings. The van der Waals surface area contributed by atoms with Crippen molar-refractivity contribution in [1.82, 2.24) is 4.98 Å². The zero-order valence-electron chi connectivity index (χ0n) is 20.6. The molecule has 1 amide bonds. The molecule has 36 heavy (non-hydrogen) atoms. The average molecular weight is 511 g/mol. The Hall–Kier alpha value is -3.11. The lowest BCUT2D eigenvalue weighted by Crippen LogP contribution is -2.36. The quantitative estimate of drug-likeness (QED) is 0.259. The summed E-state index contributed by atoms with van der Waals surface area (Å²) in [5.41, 5.74) is 5.06. The molecule has 1 heterocycles. The summed E-state index contributed by atoms with van der Waals surface area (Å²) < 4.78 is 16.1. The number of rotatable bonds is 11. The first-order valence-corrected chi connectivity index (χ1v) is 12.8. The SMILES string of the molecule is CCOC(O)(CCC(=O)c1sc(NC(=O)OCC2c3ccccc3-c3ccccc32)nc1C)OCC. The molecular formula is C27H30N2O6S. The maximum Gasteiger partial charge on any atom is 0.413 e. The molecule has 0 fully saturated rings. The molecular weight excluding hydrogens is 480 g/mol. The Balaban J connectivity index is 1.36. The summed E-state index contributed by atoms with van der Waals surface area (Å²) >= 11 is 1.07. The number of thiazole rings is 1. The summed E-state index contributed by atoms with van der Waals surface area (Å²) in [6.45, 7) is 5.85. The standard InChI is InChI=1S/C27H30N2O6S/c1-4-34-27(32,35-5-2)15-14-23(30)24-17(3)28-25(36-24)29-26(31)33-16-22-20-12-8-6-10-18(20)19-11-7-9-13-21(19)22/h6-13,22,32H,4-5,14-16H2,1-3H3,(H,28,29,31). The van der Waals surface area contributed by atoms with Gasteiger partial charge in [0.2, 0.25) is 0 Å². The fourth-order valence-electron chi connectivity index (χ4n) is 4.45. The second-order valence-corrected chi connectivity index (χ2v) is 9.39. The van der Waals surface area contributed by atoms with Gasteiger partial charge in [0.05, 0.1) is 10.6 Å².